The number of para-hydroxylation sites is 2. The van der Waals surface area contributed by atoms with E-state index >= 15 is 0 Å². The van der Waals surface area contributed by atoms with Gasteiger partial charge in [0, 0.05) is 6.54 Å². The average Bonchev–Trinajstić information content (AvgIpc) is 2.68. The molecule has 2 aromatic rings. The predicted octanol–water partition coefficient (Wildman–Crippen LogP) is 3.31. The van der Waals surface area contributed by atoms with E-state index in [0.717, 1.165) is 5.56 Å². The molecule has 128 valence electrons. The van der Waals surface area contributed by atoms with Gasteiger partial charge in [-0.1, -0.05) is 24.3 Å². The van der Waals surface area contributed by atoms with Crippen LogP contribution < -0.4 is 9.47 Å². The standard InChI is InChI=1S/C20H20N2O3/c1-3-22(14(2)16-10-8-15(12-21)9-11-16)20(23)19-13-24-17-6-4-5-7-18(17)25-19/h4-11,14,19H,3,13H2,1-2H3. The number of fused-ring (bicyclic) bond motifs is 1. The van der Waals surface area contributed by atoms with Gasteiger partial charge in [0.2, 0.25) is 6.10 Å². The number of hydrogen-bond donors (Lipinski definition) is 0. The average molecular weight is 336 g/mol. The molecule has 1 heterocycles. The van der Waals surface area contributed by atoms with E-state index in [0.29, 0.717) is 23.6 Å². The van der Waals surface area contributed by atoms with E-state index in [1.54, 1.807) is 23.1 Å². The fraction of sp³-hybridized carbons (Fsp3) is 0.300. The zero-order chi connectivity index (χ0) is 17.8. The second-order valence-corrected chi connectivity index (χ2v) is 5.90. The fourth-order valence-corrected chi connectivity index (χ4v) is 2.96. The molecule has 3 rings (SSSR count). The highest BCUT2D eigenvalue weighted by atomic mass is 16.6. The predicted molar refractivity (Wildman–Crippen MR) is 93.3 cm³/mol. The van der Waals surface area contributed by atoms with E-state index in [9.17, 15) is 4.79 Å². The van der Waals surface area contributed by atoms with Gasteiger partial charge >= 0.3 is 0 Å². The third kappa shape index (κ3) is 3.43. The van der Waals surface area contributed by atoms with E-state index in [-0.39, 0.29) is 18.6 Å². The lowest BCUT2D eigenvalue weighted by atomic mass is 10.0. The molecule has 0 aromatic heterocycles. The van der Waals surface area contributed by atoms with Crippen LogP contribution in [-0.4, -0.2) is 30.1 Å². The summed E-state index contributed by atoms with van der Waals surface area (Å²) in [5.41, 5.74) is 1.58. The lowest BCUT2D eigenvalue weighted by Crippen LogP contribution is -2.47. The molecule has 25 heavy (non-hydrogen) atoms. The summed E-state index contributed by atoms with van der Waals surface area (Å²) < 4.78 is 11.5. The summed E-state index contributed by atoms with van der Waals surface area (Å²) in [5, 5.41) is 8.92. The van der Waals surface area contributed by atoms with Gasteiger partial charge in [0.15, 0.2) is 11.5 Å². The Kier molecular flexibility index (Phi) is 4.90. The monoisotopic (exact) mass is 336 g/mol. The minimum Gasteiger partial charge on any atom is -0.485 e. The van der Waals surface area contributed by atoms with E-state index in [2.05, 4.69) is 6.07 Å². The van der Waals surface area contributed by atoms with Gasteiger partial charge in [-0.25, -0.2) is 0 Å². The quantitative estimate of drug-likeness (QED) is 0.859. The first-order valence-electron chi connectivity index (χ1n) is 8.33. The summed E-state index contributed by atoms with van der Waals surface area (Å²) in [6, 6.07) is 16.6. The molecule has 0 spiro atoms. The van der Waals surface area contributed by atoms with Crippen molar-refractivity contribution in [3.8, 4) is 17.6 Å². The van der Waals surface area contributed by atoms with Gasteiger partial charge < -0.3 is 14.4 Å². The minimum atomic E-state index is -0.657. The molecule has 1 aliphatic rings. The maximum absolute atomic E-state index is 12.9. The van der Waals surface area contributed by atoms with Crippen molar-refractivity contribution >= 4 is 5.91 Å². The molecule has 0 radical (unpaired) electrons. The Morgan fingerprint density at radius 1 is 1.24 bits per heavy atom. The summed E-state index contributed by atoms with van der Waals surface area (Å²) in [5.74, 6) is 1.15. The van der Waals surface area contributed by atoms with Gasteiger partial charge in [-0.05, 0) is 43.7 Å². The van der Waals surface area contributed by atoms with E-state index < -0.39 is 6.10 Å². The Bertz CT molecular complexity index is 795. The van der Waals surface area contributed by atoms with Crippen LogP contribution in [0.3, 0.4) is 0 Å². The van der Waals surface area contributed by atoms with Crippen LogP contribution in [0.4, 0.5) is 0 Å². The van der Waals surface area contributed by atoms with Crippen molar-refractivity contribution in [1.82, 2.24) is 4.90 Å². The Balaban J connectivity index is 1.76. The molecule has 5 nitrogen and oxygen atoms in total. The molecule has 0 fully saturated rings. The van der Waals surface area contributed by atoms with Crippen molar-refractivity contribution in [1.29, 1.82) is 5.26 Å². The summed E-state index contributed by atoms with van der Waals surface area (Å²) >= 11 is 0. The Morgan fingerprint density at radius 2 is 1.92 bits per heavy atom. The lowest BCUT2D eigenvalue weighted by Gasteiger charge is -2.33. The summed E-state index contributed by atoms with van der Waals surface area (Å²) in [4.78, 5) is 14.7. The molecule has 1 aliphatic heterocycles. The number of rotatable bonds is 4. The SMILES string of the molecule is CCN(C(=O)C1COc2ccccc2O1)C(C)c1ccc(C#N)cc1. The van der Waals surface area contributed by atoms with Crippen LogP contribution in [0.2, 0.25) is 0 Å². The third-order valence-electron chi connectivity index (χ3n) is 4.40. The van der Waals surface area contributed by atoms with Crippen LogP contribution in [0.1, 0.15) is 31.0 Å². The third-order valence-corrected chi connectivity index (χ3v) is 4.40. The van der Waals surface area contributed by atoms with E-state index in [1.807, 2.05) is 44.2 Å². The second kappa shape index (κ2) is 7.27. The fourth-order valence-electron chi connectivity index (χ4n) is 2.96. The zero-order valence-electron chi connectivity index (χ0n) is 14.3. The molecule has 2 unspecified atom stereocenters. The summed E-state index contributed by atoms with van der Waals surface area (Å²) in [6.07, 6.45) is -0.657. The van der Waals surface area contributed by atoms with Gasteiger partial charge in [0.1, 0.15) is 6.61 Å². The smallest absolute Gasteiger partial charge is 0.267 e. The van der Waals surface area contributed by atoms with Crippen molar-refractivity contribution in [3.63, 3.8) is 0 Å². The maximum Gasteiger partial charge on any atom is 0.267 e. The molecule has 0 bridgehead atoms. The van der Waals surface area contributed by atoms with Gasteiger partial charge in [-0.15, -0.1) is 0 Å². The Morgan fingerprint density at radius 3 is 2.56 bits per heavy atom. The molecule has 1 amide bonds. The molecule has 0 saturated heterocycles. The molecule has 0 saturated carbocycles. The first-order valence-corrected chi connectivity index (χ1v) is 8.33. The number of hydrogen-bond acceptors (Lipinski definition) is 4. The van der Waals surface area contributed by atoms with Gasteiger partial charge in [0.25, 0.3) is 5.91 Å². The number of carbonyl (C=O) groups is 1. The number of likely N-dealkylation sites (N-methyl/N-ethyl adjacent to an activating group) is 1. The molecule has 2 aromatic carbocycles. The highest BCUT2D eigenvalue weighted by Gasteiger charge is 2.32. The van der Waals surface area contributed by atoms with Crippen molar-refractivity contribution < 1.29 is 14.3 Å². The minimum absolute atomic E-state index is 0.103. The van der Waals surface area contributed by atoms with Crippen LogP contribution in [-0.2, 0) is 4.79 Å². The zero-order valence-corrected chi connectivity index (χ0v) is 14.3. The molecular formula is C20H20N2O3. The molecule has 5 heteroatoms. The van der Waals surface area contributed by atoms with Crippen molar-refractivity contribution in [3.05, 3.63) is 59.7 Å². The molecule has 2 atom stereocenters. The number of carbonyl (C=O) groups excluding carboxylic acids is 1. The van der Waals surface area contributed by atoms with E-state index in [4.69, 9.17) is 14.7 Å². The van der Waals surface area contributed by atoms with Crippen molar-refractivity contribution in [2.45, 2.75) is 26.0 Å². The summed E-state index contributed by atoms with van der Waals surface area (Å²) in [7, 11) is 0. The second-order valence-electron chi connectivity index (χ2n) is 5.90. The largest absolute Gasteiger partial charge is 0.485 e. The molecule has 0 aliphatic carbocycles. The number of nitrogens with zero attached hydrogens (tertiary/aromatic N) is 2. The molecular weight excluding hydrogens is 316 g/mol. The van der Waals surface area contributed by atoms with Crippen molar-refractivity contribution in [2.24, 2.45) is 0 Å². The highest BCUT2D eigenvalue weighted by molar-refractivity contribution is 5.82. The highest BCUT2D eigenvalue weighted by Crippen LogP contribution is 2.32. The van der Waals surface area contributed by atoms with Gasteiger partial charge in [-0.2, -0.15) is 5.26 Å². The Hall–Kier alpha value is -3.00. The van der Waals surface area contributed by atoms with Crippen molar-refractivity contribution in [2.75, 3.05) is 13.2 Å². The summed E-state index contributed by atoms with van der Waals surface area (Å²) in [6.45, 7) is 4.67. The first kappa shape index (κ1) is 16.8. The number of benzene rings is 2. The van der Waals surface area contributed by atoms with Crippen LogP contribution in [0.25, 0.3) is 0 Å². The number of ether oxygens (including phenoxy) is 2. The Labute approximate surface area is 147 Å². The van der Waals surface area contributed by atoms with E-state index in [1.165, 1.54) is 0 Å². The maximum atomic E-state index is 12.9. The normalized spacial score (nSPS) is 16.6. The van der Waals surface area contributed by atoms with Crippen LogP contribution in [0, 0.1) is 11.3 Å². The van der Waals surface area contributed by atoms with Gasteiger partial charge in [0.05, 0.1) is 17.7 Å². The van der Waals surface area contributed by atoms with Crippen LogP contribution >= 0.6 is 0 Å². The lowest BCUT2D eigenvalue weighted by molar-refractivity contribution is -0.143. The van der Waals surface area contributed by atoms with Crippen LogP contribution in [0.5, 0.6) is 11.5 Å². The number of amides is 1. The van der Waals surface area contributed by atoms with Crippen LogP contribution in [0.15, 0.2) is 48.5 Å². The van der Waals surface area contributed by atoms with Gasteiger partial charge in [-0.3, -0.25) is 4.79 Å². The molecule has 0 N–H and O–H groups in total. The topological polar surface area (TPSA) is 62.6 Å². The number of nitriles is 1. The first-order chi connectivity index (χ1) is 12.1.